The summed E-state index contributed by atoms with van der Waals surface area (Å²) in [5.74, 6) is -5.88. The predicted octanol–water partition coefficient (Wildman–Crippen LogP) is 3.95. The minimum absolute atomic E-state index is 0.0500. The number of non-ortho nitro benzene ring substituents is 1. The van der Waals surface area contributed by atoms with Gasteiger partial charge >= 0.3 is 0 Å². The van der Waals surface area contributed by atoms with Gasteiger partial charge in [-0.3, -0.25) is 29.3 Å². The number of amides is 2. The van der Waals surface area contributed by atoms with E-state index < -0.39 is 51.8 Å². The number of anilines is 1. The van der Waals surface area contributed by atoms with Gasteiger partial charge < -0.3 is 9.47 Å². The Morgan fingerprint density at radius 1 is 0.947 bits per heavy atom. The number of fused-ring (bicyclic) bond motifs is 3. The first-order chi connectivity index (χ1) is 18.2. The summed E-state index contributed by atoms with van der Waals surface area (Å²) in [6.45, 7) is 0. The molecule has 3 aromatic rings. The molecule has 10 nitrogen and oxygen atoms in total. The summed E-state index contributed by atoms with van der Waals surface area (Å²) < 4.78 is 11.5. The smallest absolute Gasteiger partial charge is 0.273 e. The van der Waals surface area contributed by atoms with Crippen molar-refractivity contribution < 1.29 is 33.6 Å². The second-order valence-electron chi connectivity index (χ2n) is 9.13. The molecule has 6 rings (SSSR count). The fraction of sp³-hybridized carbons (Fsp3) is 0.185. The first kappa shape index (κ1) is 24.0. The lowest BCUT2D eigenvalue weighted by Crippen LogP contribution is -2.51. The Kier molecular flexibility index (Phi) is 5.23. The summed E-state index contributed by atoms with van der Waals surface area (Å²) in [6, 6.07) is 16.1. The SMILES string of the molecule is COc1cc([N+](=O)[O-])ccc1N1C(=O)C2C(c3ccccc3Cl)OC3(C(=O)c4ccccc4C3=O)C2C1=O. The number of methoxy groups -OCH3 is 1. The second kappa shape index (κ2) is 8.30. The molecule has 0 N–H and O–H groups in total. The molecule has 3 unspecified atom stereocenters. The molecular formula is C27H17ClN2O8. The summed E-state index contributed by atoms with van der Waals surface area (Å²) in [5, 5.41) is 11.5. The van der Waals surface area contributed by atoms with Crippen LogP contribution in [-0.4, -0.2) is 41.0 Å². The molecule has 2 heterocycles. The number of hydrogen-bond donors (Lipinski definition) is 0. The van der Waals surface area contributed by atoms with Gasteiger partial charge in [0.2, 0.25) is 29.0 Å². The maximum Gasteiger partial charge on any atom is 0.273 e. The number of nitro groups is 1. The summed E-state index contributed by atoms with van der Waals surface area (Å²) in [7, 11) is 1.24. The Morgan fingerprint density at radius 2 is 1.58 bits per heavy atom. The van der Waals surface area contributed by atoms with E-state index in [1.165, 1.54) is 25.3 Å². The van der Waals surface area contributed by atoms with Crippen LogP contribution in [0.4, 0.5) is 11.4 Å². The van der Waals surface area contributed by atoms with Gasteiger partial charge in [0.05, 0.1) is 41.7 Å². The quantitative estimate of drug-likeness (QED) is 0.213. The zero-order chi connectivity index (χ0) is 26.9. The molecule has 190 valence electrons. The van der Waals surface area contributed by atoms with Crippen LogP contribution < -0.4 is 9.64 Å². The predicted molar refractivity (Wildman–Crippen MR) is 132 cm³/mol. The molecule has 3 aromatic carbocycles. The van der Waals surface area contributed by atoms with Crippen molar-refractivity contribution in [1.82, 2.24) is 0 Å². The summed E-state index contributed by atoms with van der Waals surface area (Å²) in [5.41, 5.74) is -2.09. The van der Waals surface area contributed by atoms with Gasteiger partial charge in [-0.1, -0.05) is 54.1 Å². The highest BCUT2D eigenvalue weighted by molar-refractivity contribution is 6.37. The van der Waals surface area contributed by atoms with Crippen LogP contribution in [0.15, 0.2) is 66.7 Å². The standard InChI is InChI=1S/C27H17ClN2O8/c1-37-19-12-13(30(35)36)10-11-18(19)29-25(33)20-21(26(29)34)27(38-22(20)16-8-4-5-9-17(16)28)23(31)14-6-2-3-7-15(14)24(27)32/h2-12,20-22H,1H3. The molecule has 38 heavy (non-hydrogen) atoms. The van der Waals surface area contributed by atoms with E-state index in [0.29, 0.717) is 5.56 Å². The van der Waals surface area contributed by atoms with E-state index in [1.807, 2.05) is 0 Å². The van der Waals surface area contributed by atoms with Crippen LogP contribution in [0.1, 0.15) is 32.4 Å². The van der Waals surface area contributed by atoms with Crippen LogP contribution in [0.3, 0.4) is 0 Å². The molecule has 2 aliphatic heterocycles. The zero-order valence-corrected chi connectivity index (χ0v) is 20.4. The van der Waals surface area contributed by atoms with Crippen molar-refractivity contribution in [1.29, 1.82) is 0 Å². The molecular weight excluding hydrogens is 516 g/mol. The van der Waals surface area contributed by atoms with E-state index >= 15 is 0 Å². The molecule has 3 atom stereocenters. The normalized spacial score (nSPS) is 23.2. The van der Waals surface area contributed by atoms with E-state index in [9.17, 15) is 29.3 Å². The molecule has 0 aromatic heterocycles. The number of rotatable bonds is 4. The molecule has 0 saturated carbocycles. The maximum absolute atomic E-state index is 14.0. The van der Waals surface area contributed by atoms with Gasteiger partial charge in [0, 0.05) is 27.8 Å². The number of nitrogens with zero attached hydrogens (tertiary/aromatic N) is 2. The fourth-order valence-corrected chi connectivity index (χ4v) is 5.95. The Bertz CT molecular complexity index is 1570. The molecule has 3 aliphatic rings. The second-order valence-corrected chi connectivity index (χ2v) is 9.54. The largest absolute Gasteiger partial charge is 0.494 e. The van der Waals surface area contributed by atoms with Gasteiger partial charge in [0.1, 0.15) is 5.75 Å². The maximum atomic E-state index is 14.0. The molecule has 2 fully saturated rings. The summed E-state index contributed by atoms with van der Waals surface area (Å²) >= 11 is 6.44. The van der Waals surface area contributed by atoms with Crippen LogP contribution in [0, 0.1) is 22.0 Å². The van der Waals surface area contributed by atoms with Crippen molar-refractivity contribution in [3.05, 3.63) is 98.6 Å². The molecule has 2 saturated heterocycles. The van der Waals surface area contributed by atoms with Gasteiger partial charge in [0.15, 0.2) is 0 Å². The highest BCUT2D eigenvalue weighted by atomic mass is 35.5. The highest BCUT2D eigenvalue weighted by Gasteiger charge is 2.75. The number of nitro benzene ring substituents is 1. The number of benzene rings is 3. The van der Waals surface area contributed by atoms with E-state index in [2.05, 4.69) is 0 Å². The van der Waals surface area contributed by atoms with Crippen LogP contribution in [0.5, 0.6) is 5.75 Å². The number of carbonyl (C=O) groups excluding carboxylic acids is 4. The molecule has 11 heteroatoms. The van der Waals surface area contributed by atoms with Gasteiger partial charge in [-0.25, -0.2) is 4.90 Å². The number of Topliss-reactive ketones (excluding diaryl/α,β-unsaturated/α-hetero) is 2. The summed E-state index contributed by atoms with van der Waals surface area (Å²) in [4.78, 5) is 67.1. The third-order valence-electron chi connectivity index (χ3n) is 7.35. The van der Waals surface area contributed by atoms with Crippen molar-refractivity contribution in [2.75, 3.05) is 12.0 Å². The van der Waals surface area contributed by atoms with Crippen LogP contribution in [-0.2, 0) is 14.3 Å². The molecule has 2 amide bonds. The van der Waals surface area contributed by atoms with Crippen molar-refractivity contribution in [3.8, 4) is 5.75 Å². The highest BCUT2D eigenvalue weighted by Crippen LogP contribution is 2.58. The van der Waals surface area contributed by atoms with Crippen molar-refractivity contribution in [3.63, 3.8) is 0 Å². The Morgan fingerprint density at radius 3 is 2.18 bits per heavy atom. The lowest BCUT2D eigenvalue weighted by molar-refractivity contribution is -0.384. The van der Waals surface area contributed by atoms with Crippen molar-refractivity contribution in [2.24, 2.45) is 11.8 Å². The first-order valence-corrected chi connectivity index (χ1v) is 11.9. The molecule has 1 aliphatic carbocycles. The number of carbonyl (C=O) groups is 4. The average Bonchev–Trinajstić information content (AvgIpc) is 3.48. The van der Waals surface area contributed by atoms with Crippen LogP contribution in [0.25, 0.3) is 0 Å². The van der Waals surface area contributed by atoms with Gasteiger partial charge in [-0.15, -0.1) is 0 Å². The van der Waals surface area contributed by atoms with Gasteiger partial charge in [-0.05, 0) is 12.1 Å². The number of ether oxygens (including phenoxy) is 2. The topological polar surface area (TPSA) is 133 Å². The first-order valence-electron chi connectivity index (χ1n) is 11.5. The fourth-order valence-electron chi connectivity index (χ4n) is 5.71. The third kappa shape index (κ3) is 2.98. The zero-order valence-electron chi connectivity index (χ0n) is 19.6. The van der Waals surface area contributed by atoms with E-state index in [0.717, 1.165) is 17.0 Å². The average molecular weight is 533 g/mol. The Balaban J connectivity index is 1.55. The van der Waals surface area contributed by atoms with E-state index in [1.54, 1.807) is 36.4 Å². The van der Waals surface area contributed by atoms with Crippen molar-refractivity contribution >= 4 is 46.4 Å². The Hall–Kier alpha value is -4.41. The van der Waals surface area contributed by atoms with Gasteiger partial charge in [0.25, 0.3) is 5.69 Å². The van der Waals surface area contributed by atoms with Crippen LogP contribution >= 0.6 is 11.6 Å². The lowest BCUT2D eigenvalue weighted by atomic mass is 9.77. The van der Waals surface area contributed by atoms with E-state index in [-0.39, 0.29) is 33.3 Å². The van der Waals surface area contributed by atoms with E-state index in [4.69, 9.17) is 21.1 Å². The minimum Gasteiger partial charge on any atom is -0.494 e. The third-order valence-corrected chi connectivity index (χ3v) is 7.69. The lowest BCUT2D eigenvalue weighted by Gasteiger charge is -2.27. The number of ketones is 2. The van der Waals surface area contributed by atoms with Crippen LogP contribution in [0.2, 0.25) is 5.02 Å². The number of imide groups is 1. The molecule has 1 spiro atoms. The minimum atomic E-state index is -2.27. The summed E-state index contributed by atoms with van der Waals surface area (Å²) in [6.07, 6.45) is -1.19. The number of halogens is 1. The Labute approximate surface area is 219 Å². The van der Waals surface area contributed by atoms with Gasteiger partial charge in [-0.2, -0.15) is 0 Å². The molecule has 0 bridgehead atoms. The number of hydrogen-bond acceptors (Lipinski definition) is 8. The van der Waals surface area contributed by atoms with Crippen molar-refractivity contribution in [2.45, 2.75) is 11.7 Å². The monoisotopic (exact) mass is 532 g/mol. The molecule has 0 radical (unpaired) electrons.